The molecule has 3 amide bonds. The first-order chi connectivity index (χ1) is 14.5. The van der Waals surface area contributed by atoms with Crippen LogP contribution in [-0.2, 0) is 20.7 Å². The van der Waals surface area contributed by atoms with Crippen LogP contribution in [0.2, 0.25) is 0 Å². The van der Waals surface area contributed by atoms with E-state index in [1.165, 1.54) is 6.08 Å². The molecule has 0 aliphatic carbocycles. The van der Waals surface area contributed by atoms with Gasteiger partial charge in [0.05, 0.1) is 6.04 Å². The highest BCUT2D eigenvalue weighted by Gasteiger charge is 2.22. The number of benzene rings is 1. The number of carbonyl (C=O) groups is 3. The molecule has 1 aromatic carbocycles. The highest BCUT2D eigenvalue weighted by Crippen LogP contribution is 2.07. The highest BCUT2D eigenvalue weighted by molar-refractivity contribution is 5.85. The third-order valence-corrected chi connectivity index (χ3v) is 3.97. The van der Waals surface area contributed by atoms with E-state index in [1.54, 1.807) is 27.7 Å². The van der Waals surface area contributed by atoms with E-state index < -0.39 is 35.8 Å². The van der Waals surface area contributed by atoms with Crippen molar-refractivity contribution in [2.45, 2.75) is 51.8 Å². The molecule has 0 aliphatic heterocycles. The molecule has 0 aromatic heterocycles. The summed E-state index contributed by atoms with van der Waals surface area (Å²) in [6, 6.07) is 8.29. The van der Waals surface area contributed by atoms with Crippen molar-refractivity contribution >= 4 is 18.1 Å². The number of carbonyl (C=O) groups excluding carboxylic acids is 3. The van der Waals surface area contributed by atoms with Gasteiger partial charge in [-0.05, 0) is 45.3 Å². The van der Waals surface area contributed by atoms with Crippen molar-refractivity contribution in [3.63, 3.8) is 0 Å². The molecule has 170 valence electrons. The predicted octanol–water partition coefficient (Wildman–Crippen LogP) is 3.10. The minimum atomic E-state index is -0.810. The van der Waals surface area contributed by atoms with Crippen molar-refractivity contribution in [1.82, 2.24) is 16.0 Å². The largest absolute Gasteiger partial charge is 0.445 e. The van der Waals surface area contributed by atoms with Crippen LogP contribution in [0.1, 0.15) is 33.3 Å². The first kappa shape index (κ1) is 25.7. The van der Waals surface area contributed by atoms with Gasteiger partial charge in [0.15, 0.2) is 0 Å². The molecular formula is C23H33N3O5. The summed E-state index contributed by atoms with van der Waals surface area (Å²) in [6.45, 7) is 14.2. The van der Waals surface area contributed by atoms with Crippen molar-refractivity contribution in [1.29, 1.82) is 0 Å². The Bertz CT molecular complexity index is 771. The number of ether oxygens (including phenoxy) is 2. The molecule has 2 unspecified atom stereocenters. The summed E-state index contributed by atoms with van der Waals surface area (Å²) in [5.41, 5.74) is 0.894. The Kier molecular flexibility index (Phi) is 10.3. The van der Waals surface area contributed by atoms with Crippen molar-refractivity contribution in [3.05, 3.63) is 60.7 Å². The van der Waals surface area contributed by atoms with E-state index in [9.17, 15) is 14.4 Å². The van der Waals surface area contributed by atoms with Gasteiger partial charge in [-0.2, -0.15) is 0 Å². The van der Waals surface area contributed by atoms with Gasteiger partial charge >= 0.3 is 12.2 Å². The van der Waals surface area contributed by atoms with Crippen molar-refractivity contribution in [2.75, 3.05) is 13.2 Å². The second-order valence-electron chi connectivity index (χ2n) is 8.08. The smallest absolute Gasteiger partial charge is 0.408 e. The van der Waals surface area contributed by atoms with Crippen molar-refractivity contribution < 1.29 is 23.9 Å². The average molecular weight is 432 g/mol. The molecular weight excluding hydrogens is 398 g/mol. The van der Waals surface area contributed by atoms with Crippen LogP contribution < -0.4 is 16.0 Å². The van der Waals surface area contributed by atoms with Crippen LogP contribution in [0.15, 0.2) is 55.1 Å². The highest BCUT2D eigenvalue weighted by atomic mass is 16.6. The van der Waals surface area contributed by atoms with Gasteiger partial charge < -0.3 is 25.4 Å². The predicted molar refractivity (Wildman–Crippen MR) is 120 cm³/mol. The Balaban J connectivity index is 2.65. The molecule has 3 N–H and O–H groups in total. The van der Waals surface area contributed by atoms with E-state index in [0.29, 0.717) is 12.0 Å². The summed E-state index contributed by atoms with van der Waals surface area (Å²) in [7, 11) is 0. The fourth-order valence-corrected chi connectivity index (χ4v) is 2.43. The number of amides is 3. The summed E-state index contributed by atoms with van der Waals surface area (Å²) in [4.78, 5) is 36.4. The van der Waals surface area contributed by atoms with Gasteiger partial charge in [0.1, 0.15) is 18.2 Å². The zero-order valence-corrected chi connectivity index (χ0v) is 18.7. The topological polar surface area (TPSA) is 106 Å². The SMILES string of the molecule is C=CC(=C)COC(=O)NC(CNC(=O)C(C)NC(=O)OC(C)(C)C)Cc1ccccc1. The zero-order valence-electron chi connectivity index (χ0n) is 18.7. The molecule has 0 bridgehead atoms. The first-order valence-corrected chi connectivity index (χ1v) is 10.0. The minimum Gasteiger partial charge on any atom is -0.445 e. The molecule has 8 heteroatoms. The van der Waals surface area contributed by atoms with E-state index in [-0.39, 0.29) is 13.2 Å². The van der Waals surface area contributed by atoms with E-state index in [4.69, 9.17) is 9.47 Å². The number of nitrogens with one attached hydrogen (secondary N) is 3. The molecule has 1 aromatic rings. The lowest BCUT2D eigenvalue weighted by atomic mass is 10.1. The van der Waals surface area contributed by atoms with Crippen LogP contribution in [-0.4, -0.2) is 48.9 Å². The number of hydrogen-bond acceptors (Lipinski definition) is 5. The number of alkyl carbamates (subject to hydrolysis) is 2. The zero-order chi connectivity index (χ0) is 23.4. The second-order valence-corrected chi connectivity index (χ2v) is 8.08. The van der Waals surface area contributed by atoms with Gasteiger partial charge in [0.2, 0.25) is 5.91 Å². The summed E-state index contributed by atoms with van der Waals surface area (Å²) >= 11 is 0. The van der Waals surface area contributed by atoms with Gasteiger partial charge in [-0.25, -0.2) is 9.59 Å². The maximum atomic E-state index is 12.4. The molecule has 1 rings (SSSR count). The van der Waals surface area contributed by atoms with Gasteiger partial charge in [0, 0.05) is 6.54 Å². The Morgan fingerprint density at radius 3 is 2.32 bits per heavy atom. The molecule has 0 aliphatic rings. The van der Waals surface area contributed by atoms with Gasteiger partial charge in [-0.15, -0.1) is 0 Å². The standard InChI is InChI=1S/C23H33N3O5/c1-7-16(2)15-30-21(28)26-19(13-18-11-9-8-10-12-18)14-24-20(27)17(3)25-22(29)31-23(4,5)6/h7-12,17,19H,1-2,13-15H2,3-6H3,(H,24,27)(H,25,29)(H,26,28). The number of hydrogen-bond donors (Lipinski definition) is 3. The molecule has 0 saturated heterocycles. The van der Waals surface area contributed by atoms with Crippen LogP contribution in [0.4, 0.5) is 9.59 Å². The second kappa shape index (κ2) is 12.4. The van der Waals surface area contributed by atoms with E-state index in [2.05, 4.69) is 29.1 Å². The van der Waals surface area contributed by atoms with E-state index in [0.717, 1.165) is 5.56 Å². The summed E-state index contributed by atoms with van der Waals surface area (Å²) in [5, 5.41) is 7.97. The number of rotatable bonds is 10. The van der Waals surface area contributed by atoms with E-state index in [1.807, 2.05) is 30.3 Å². The maximum Gasteiger partial charge on any atom is 0.408 e. The Morgan fingerprint density at radius 1 is 1.10 bits per heavy atom. The van der Waals surface area contributed by atoms with Gasteiger partial charge in [0.25, 0.3) is 0 Å². The fourth-order valence-electron chi connectivity index (χ4n) is 2.43. The molecule has 0 heterocycles. The molecule has 0 radical (unpaired) electrons. The summed E-state index contributed by atoms with van der Waals surface area (Å²) in [5.74, 6) is -0.404. The normalized spacial score (nSPS) is 12.6. The molecule has 2 atom stereocenters. The van der Waals surface area contributed by atoms with Gasteiger partial charge in [-0.1, -0.05) is 49.6 Å². The lowest BCUT2D eigenvalue weighted by Gasteiger charge is -2.23. The van der Waals surface area contributed by atoms with Crippen LogP contribution >= 0.6 is 0 Å². The van der Waals surface area contributed by atoms with E-state index >= 15 is 0 Å². The van der Waals surface area contributed by atoms with Crippen molar-refractivity contribution in [2.24, 2.45) is 0 Å². The Labute approximate surface area is 184 Å². The first-order valence-electron chi connectivity index (χ1n) is 10.0. The van der Waals surface area contributed by atoms with Crippen LogP contribution in [0, 0.1) is 0 Å². The van der Waals surface area contributed by atoms with Crippen LogP contribution in [0.25, 0.3) is 0 Å². The third-order valence-electron chi connectivity index (χ3n) is 3.97. The van der Waals surface area contributed by atoms with Crippen LogP contribution in [0.3, 0.4) is 0 Å². The maximum absolute atomic E-state index is 12.4. The quantitative estimate of drug-likeness (QED) is 0.494. The third kappa shape index (κ3) is 11.5. The van der Waals surface area contributed by atoms with Crippen LogP contribution in [0.5, 0.6) is 0 Å². The fraction of sp³-hybridized carbons (Fsp3) is 0.435. The van der Waals surface area contributed by atoms with Gasteiger partial charge in [-0.3, -0.25) is 4.79 Å². The summed E-state index contributed by atoms with van der Waals surface area (Å²) in [6.07, 6.45) is 0.679. The molecule has 0 saturated carbocycles. The Morgan fingerprint density at radius 2 is 1.74 bits per heavy atom. The lowest BCUT2D eigenvalue weighted by Crippen LogP contribution is -2.50. The minimum absolute atomic E-state index is 0.0244. The lowest BCUT2D eigenvalue weighted by molar-refractivity contribution is -0.122. The molecule has 0 fully saturated rings. The van der Waals surface area contributed by atoms with Crippen molar-refractivity contribution in [3.8, 4) is 0 Å². The monoisotopic (exact) mass is 431 g/mol. The summed E-state index contributed by atoms with van der Waals surface area (Å²) < 4.78 is 10.3. The molecule has 0 spiro atoms. The Hall–Kier alpha value is -3.29. The molecule has 8 nitrogen and oxygen atoms in total. The molecule has 31 heavy (non-hydrogen) atoms. The average Bonchev–Trinajstić information content (AvgIpc) is 2.69.